The van der Waals surface area contributed by atoms with Crippen molar-refractivity contribution in [2.24, 2.45) is 0 Å². The van der Waals surface area contributed by atoms with Crippen LogP contribution in [-0.4, -0.2) is 25.0 Å². The Bertz CT molecular complexity index is 1450. The lowest BCUT2D eigenvalue weighted by Crippen LogP contribution is -2.22. The van der Waals surface area contributed by atoms with Crippen molar-refractivity contribution in [1.82, 2.24) is 10.6 Å². The van der Waals surface area contributed by atoms with Crippen LogP contribution in [0.4, 0.5) is 0 Å². The van der Waals surface area contributed by atoms with Crippen LogP contribution in [0, 0.1) is 22.7 Å². The quantitative estimate of drug-likeness (QED) is 0.238. The number of nitriles is 2. The highest BCUT2D eigenvalue weighted by atomic mass is 16.5. The van der Waals surface area contributed by atoms with Crippen LogP contribution in [0.25, 0.3) is 0 Å². The molecule has 0 atom stereocenters. The maximum atomic E-state index is 12.3. The number of carbonyl (C=O) groups excluding carboxylic acids is 2. The van der Waals surface area contributed by atoms with Gasteiger partial charge in [-0.05, 0) is 71.8 Å². The first kappa shape index (κ1) is 28.4. The van der Waals surface area contributed by atoms with Gasteiger partial charge < -0.3 is 20.1 Å². The van der Waals surface area contributed by atoms with Gasteiger partial charge in [0.05, 0.1) is 36.5 Å². The molecule has 8 heteroatoms. The van der Waals surface area contributed by atoms with E-state index in [9.17, 15) is 9.59 Å². The molecule has 0 aliphatic carbocycles. The smallest absolute Gasteiger partial charge is 0.251 e. The van der Waals surface area contributed by atoms with Gasteiger partial charge in [-0.2, -0.15) is 10.5 Å². The largest absolute Gasteiger partial charge is 0.493 e. The second-order valence-electron chi connectivity index (χ2n) is 9.09. The van der Waals surface area contributed by atoms with Gasteiger partial charge in [-0.3, -0.25) is 9.59 Å². The fraction of sp³-hybridized carbons (Fsp3) is 0.152. The zero-order valence-corrected chi connectivity index (χ0v) is 22.3. The Labute approximate surface area is 238 Å². The van der Waals surface area contributed by atoms with Crippen molar-refractivity contribution in [1.29, 1.82) is 10.5 Å². The molecule has 2 amide bonds. The van der Waals surface area contributed by atoms with E-state index in [0.717, 1.165) is 22.6 Å². The lowest BCUT2D eigenvalue weighted by molar-refractivity contribution is 0.0943. The molecule has 4 aromatic carbocycles. The maximum Gasteiger partial charge on any atom is 0.251 e. The number of hydrogen-bond donors (Lipinski definition) is 2. The zero-order valence-electron chi connectivity index (χ0n) is 22.3. The van der Waals surface area contributed by atoms with Crippen molar-refractivity contribution >= 4 is 11.8 Å². The normalized spacial score (nSPS) is 10.1. The molecule has 0 aromatic heterocycles. The van der Waals surface area contributed by atoms with Crippen LogP contribution in [0.3, 0.4) is 0 Å². The number of nitrogens with one attached hydrogen (secondary N) is 2. The van der Waals surface area contributed by atoms with E-state index in [2.05, 4.69) is 10.6 Å². The summed E-state index contributed by atoms with van der Waals surface area (Å²) in [6.45, 7) is 1.71. The van der Waals surface area contributed by atoms with Gasteiger partial charge >= 0.3 is 0 Å². The Kier molecular flexibility index (Phi) is 10.1. The first-order valence-electron chi connectivity index (χ1n) is 13.0. The number of benzene rings is 4. The summed E-state index contributed by atoms with van der Waals surface area (Å²) in [6, 6.07) is 32.2. The summed E-state index contributed by atoms with van der Waals surface area (Å²) in [5.41, 5.74) is 3.66. The molecule has 0 heterocycles. The van der Waals surface area contributed by atoms with Crippen LogP contribution in [-0.2, 0) is 13.1 Å². The van der Waals surface area contributed by atoms with Crippen molar-refractivity contribution < 1.29 is 19.1 Å². The van der Waals surface area contributed by atoms with E-state index in [1.165, 1.54) is 0 Å². The molecule has 4 rings (SSSR count). The molecule has 2 N–H and O–H groups in total. The molecule has 0 spiro atoms. The fourth-order valence-electron chi connectivity index (χ4n) is 3.87. The van der Waals surface area contributed by atoms with Crippen molar-refractivity contribution in [3.63, 3.8) is 0 Å². The highest BCUT2D eigenvalue weighted by Gasteiger charge is 2.07. The summed E-state index contributed by atoms with van der Waals surface area (Å²) in [6.07, 6.45) is 0.694. The number of carbonyl (C=O) groups is 2. The van der Waals surface area contributed by atoms with Gasteiger partial charge in [0.2, 0.25) is 0 Å². The second-order valence-corrected chi connectivity index (χ2v) is 9.09. The van der Waals surface area contributed by atoms with E-state index in [-0.39, 0.29) is 11.8 Å². The molecule has 0 radical (unpaired) electrons. The number of hydrogen-bond acceptors (Lipinski definition) is 6. The molecule has 0 fully saturated rings. The zero-order chi connectivity index (χ0) is 28.9. The van der Waals surface area contributed by atoms with Crippen LogP contribution in [0.5, 0.6) is 11.5 Å². The topological polar surface area (TPSA) is 124 Å². The Morgan fingerprint density at radius 2 is 1.02 bits per heavy atom. The monoisotopic (exact) mass is 544 g/mol. The Hall–Kier alpha value is -5.60. The minimum atomic E-state index is -0.234. The first-order chi connectivity index (χ1) is 20.0. The SMILES string of the molecule is N#Cc1cccc(C(=O)NCc2ccc(OCCCOc3ccc(CNC(=O)c4cccc(C#N)c4)cc3)cc2)c1. The third-order valence-corrected chi connectivity index (χ3v) is 6.09. The van der Waals surface area contributed by atoms with Gasteiger partial charge in [-0.25, -0.2) is 0 Å². The molecular formula is C33H28N4O4. The standard InChI is InChI=1S/C33H28N4O4/c34-20-26-4-1-6-28(18-26)32(38)36-22-24-8-12-30(13-9-24)40-16-3-17-41-31-14-10-25(11-15-31)23-37-33(39)29-7-2-5-27(19-29)21-35/h1-2,4-15,18-19H,3,16-17,22-23H2,(H,36,38)(H,37,39). The van der Waals surface area contributed by atoms with Gasteiger partial charge in [-0.1, -0.05) is 36.4 Å². The minimum Gasteiger partial charge on any atom is -0.493 e. The van der Waals surface area contributed by atoms with Gasteiger partial charge in [0.15, 0.2) is 0 Å². The third kappa shape index (κ3) is 8.71. The average molecular weight is 545 g/mol. The summed E-state index contributed by atoms with van der Waals surface area (Å²) in [5, 5.41) is 23.7. The van der Waals surface area contributed by atoms with E-state index in [1.54, 1.807) is 48.5 Å². The molecular weight excluding hydrogens is 516 g/mol. The molecule has 0 bridgehead atoms. The summed E-state index contributed by atoms with van der Waals surface area (Å²) in [4.78, 5) is 24.6. The molecule has 4 aromatic rings. The highest BCUT2D eigenvalue weighted by Crippen LogP contribution is 2.15. The van der Waals surface area contributed by atoms with Gasteiger partial charge in [0.1, 0.15) is 11.5 Å². The average Bonchev–Trinajstić information content (AvgIpc) is 3.03. The Morgan fingerprint density at radius 3 is 1.41 bits per heavy atom. The van der Waals surface area contributed by atoms with E-state index >= 15 is 0 Å². The van der Waals surface area contributed by atoms with Crippen LogP contribution >= 0.6 is 0 Å². The van der Waals surface area contributed by atoms with Crippen LogP contribution in [0.1, 0.15) is 49.4 Å². The number of rotatable bonds is 12. The van der Waals surface area contributed by atoms with Gasteiger partial charge in [0, 0.05) is 30.6 Å². The van der Waals surface area contributed by atoms with E-state index < -0.39 is 0 Å². The predicted molar refractivity (Wildman–Crippen MR) is 153 cm³/mol. The number of nitrogens with zero attached hydrogens (tertiary/aromatic N) is 2. The molecule has 41 heavy (non-hydrogen) atoms. The summed E-state index contributed by atoms with van der Waals surface area (Å²) in [7, 11) is 0. The van der Waals surface area contributed by atoms with Crippen LogP contribution in [0.15, 0.2) is 97.1 Å². The van der Waals surface area contributed by atoms with E-state index in [4.69, 9.17) is 20.0 Å². The fourth-order valence-corrected chi connectivity index (χ4v) is 3.87. The lowest BCUT2D eigenvalue weighted by atomic mass is 10.1. The molecule has 204 valence electrons. The highest BCUT2D eigenvalue weighted by molar-refractivity contribution is 5.95. The molecule has 0 aliphatic rings. The predicted octanol–water partition coefficient (Wildman–Crippen LogP) is 5.14. The van der Waals surface area contributed by atoms with Gasteiger partial charge in [0.25, 0.3) is 11.8 Å². The van der Waals surface area contributed by atoms with E-state index in [0.29, 0.717) is 55.0 Å². The van der Waals surface area contributed by atoms with Crippen molar-refractivity contribution in [2.45, 2.75) is 19.5 Å². The molecule has 0 saturated heterocycles. The van der Waals surface area contributed by atoms with Crippen molar-refractivity contribution in [3.05, 3.63) is 130 Å². The molecule has 8 nitrogen and oxygen atoms in total. The van der Waals surface area contributed by atoms with E-state index in [1.807, 2.05) is 60.7 Å². The molecule has 0 saturated carbocycles. The van der Waals surface area contributed by atoms with Crippen molar-refractivity contribution in [2.75, 3.05) is 13.2 Å². The van der Waals surface area contributed by atoms with Gasteiger partial charge in [-0.15, -0.1) is 0 Å². The van der Waals surface area contributed by atoms with Crippen molar-refractivity contribution in [3.8, 4) is 23.6 Å². The molecule has 0 unspecified atom stereocenters. The Balaban J connectivity index is 1.12. The summed E-state index contributed by atoms with van der Waals surface area (Å²) < 4.78 is 11.6. The number of amides is 2. The first-order valence-corrected chi connectivity index (χ1v) is 13.0. The lowest BCUT2D eigenvalue weighted by Gasteiger charge is -2.10. The second kappa shape index (κ2) is 14.5. The summed E-state index contributed by atoms with van der Waals surface area (Å²) in [5.74, 6) is 0.991. The minimum absolute atomic E-state index is 0.234. The van der Waals surface area contributed by atoms with Crippen LogP contribution < -0.4 is 20.1 Å². The molecule has 0 aliphatic heterocycles. The third-order valence-electron chi connectivity index (χ3n) is 6.09. The van der Waals surface area contributed by atoms with Crippen LogP contribution in [0.2, 0.25) is 0 Å². The summed E-state index contributed by atoms with van der Waals surface area (Å²) >= 11 is 0. The number of ether oxygens (including phenoxy) is 2. The maximum absolute atomic E-state index is 12.3. The Morgan fingerprint density at radius 1 is 0.610 bits per heavy atom.